The molecule has 0 bridgehead atoms. The quantitative estimate of drug-likeness (QED) is 0.181. The van der Waals surface area contributed by atoms with Crippen LogP contribution in [-0.4, -0.2) is 50.9 Å². The second kappa shape index (κ2) is 15.9. The molecule has 1 aliphatic rings. The van der Waals surface area contributed by atoms with Crippen LogP contribution in [-0.2, 0) is 32.6 Å². The number of hydrogen-bond donors (Lipinski definition) is 1. The van der Waals surface area contributed by atoms with Crippen LogP contribution in [0.15, 0.2) is 108 Å². The number of nitrogens with one attached hydrogen (secondary N) is 1. The standard InChI is InChI=1S/C37H39F2N3O5S/c1-47-33-20-22-34(23-21-33)48(45,46)42(32-18-16-30(39)17-19-32)26-36(43)41(25-28-12-14-29(38)15-13-28)35(24-27-8-4-2-5-9-27)37(44)40-31-10-6-3-7-11-31/h2,4-5,8-9,12-23,31,35H,3,6-7,10-11,24-26H2,1H3,(H,40,44). The number of hydrogen-bond acceptors (Lipinski definition) is 5. The van der Waals surface area contributed by atoms with Crippen LogP contribution in [0.1, 0.15) is 43.2 Å². The van der Waals surface area contributed by atoms with Crippen LogP contribution in [0.2, 0.25) is 0 Å². The Kier molecular flexibility index (Phi) is 11.4. The average molecular weight is 676 g/mol. The smallest absolute Gasteiger partial charge is 0.264 e. The van der Waals surface area contributed by atoms with E-state index in [0.29, 0.717) is 11.3 Å². The summed E-state index contributed by atoms with van der Waals surface area (Å²) in [5, 5.41) is 3.15. The maximum atomic E-state index is 14.5. The van der Waals surface area contributed by atoms with E-state index >= 15 is 0 Å². The molecule has 5 rings (SSSR count). The summed E-state index contributed by atoms with van der Waals surface area (Å²) in [7, 11) is -2.91. The molecule has 1 fully saturated rings. The molecule has 1 N–H and O–H groups in total. The summed E-state index contributed by atoms with van der Waals surface area (Å²) in [5.74, 6) is -1.61. The van der Waals surface area contributed by atoms with Crippen molar-refractivity contribution in [3.63, 3.8) is 0 Å². The van der Waals surface area contributed by atoms with Crippen molar-refractivity contribution in [2.24, 2.45) is 0 Å². The van der Waals surface area contributed by atoms with Crippen LogP contribution in [0.25, 0.3) is 0 Å². The average Bonchev–Trinajstić information content (AvgIpc) is 3.10. The minimum atomic E-state index is -4.37. The second-order valence-corrected chi connectivity index (χ2v) is 13.7. The topological polar surface area (TPSA) is 96.0 Å². The number of amides is 2. The molecule has 4 aromatic rings. The van der Waals surface area contributed by atoms with Gasteiger partial charge >= 0.3 is 0 Å². The van der Waals surface area contributed by atoms with Gasteiger partial charge in [0.2, 0.25) is 11.8 Å². The molecule has 0 saturated heterocycles. The Labute approximate surface area is 280 Å². The molecule has 252 valence electrons. The van der Waals surface area contributed by atoms with Crippen molar-refractivity contribution in [3.05, 3.63) is 126 Å². The Morgan fingerprint density at radius 3 is 2.02 bits per heavy atom. The Hall–Kier alpha value is -4.77. The zero-order valence-corrected chi connectivity index (χ0v) is 27.5. The molecule has 4 aromatic carbocycles. The van der Waals surface area contributed by atoms with Crippen molar-refractivity contribution in [3.8, 4) is 5.75 Å². The predicted octanol–water partition coefficient (Wildman–Crippen LogP) is 6.26. The number of carbonyl (C=O) groups is 2. The highest BCUT2D eigenvalue weighted by Crippen LogP contribution is 2.27. The summed E-state index contributed by atoms with van der Waals surface area (Å²) < 4.78 is 62.2. The van der Waals surface area contributed by atoms with Crippen LogP contribution in [0.5, 0.6) is 5.75 Å². The molecule has 1 unspecified atom stereocenters. The highest BCUT2D eigenvalue weighted by molar-refractivity contribution is 7.92. The lowest BCUT2D eigenvalue weighted by Gasteiger charge is -2.35. The van der Waals surface area contributed by atoms with Gasteiger partial charge in [0.05, 0.1) is 17.7 Å². The monoisotopic (exact) mass is 675 g/mol. The van der Waals surface area contributed by atoms with Gasteiger partial charge in [0.15, 0.2) is 0 Å². The number of halogens is 2. The molecule has 2 amide bonds. The van der Waals surface area contributed by atoms with Gasteiger partial charge in [-0.15, -0.1) is 0 Å². The maximum Gasteiger partial charge on any atom is 0.264 e. The van der Waals surface area contributed by atoms with Gasteiger partial charge in [-0.05, 0) is 84.6 Å². The lowest BCUT2D eigenvalue weighted by Crippen LogP contribution is -2.55. The number of sulfonamides is 1. The Morgan fingerprint density at radius 2 is 1.42 bits per heavy atom. The first-order valence-corrected chi connectivity index (χ1v) is 17.4. The molecule has 1 aliphatic carbocycles. The van der Waals surface area contributed by atoms with Crippen LogP contribution in [0.4, 0.5) is 14.5 Å². The third-order valence-electron chi connectivity index (χ3n) is 8.53. The number of carbonyl (C=O) groups excluding carboxylic acids is 2. The fourth-order valence-electron chi connectivity index (χ4n) is 5.90. The van der Waals surface area contributed by atoms with Crippen LogP contribution in [0.3, 0.4) is 0 Å². The van der Waals surface area contributed by atoms with Gasteiger partial charge in [0, 0.05) is 19.0 Å². The fraction of sp³-hybridized carbons (Fsp3) is 0.297. The molecule has 48 heavy (non-hydrogen) atoms. The lowest BCUT2D eigenvalue weighted by atomic mass is 9.94. The first kappa shape index (κ1) is 34.6. The van der Waals surface area contributed by atoms with E-state index in [1.807, 2.05) is 30.3 Å². The minimum Gasteiger partial charge on any atom is -0.497 e. The summed E-state index contributed by atoms with van der Waals surface area (Å²) in [5.41, 5.74) is 1.42. The molecule has 0 heterocycles. The Morgan fingerprint density at radius 1 is 0.812 bits per heavy atom. The highest BCUT2D eigenvalue weighted by Gasteiger charge is 2.35. The zero-order chi connectivity index (χ0) is 34.1. The van der Waals surface area contributed by atoms with Crippen molar-refractivity contribution >= 4 is 27.5 Å². The first-order chi connectivity index (χ1) is 23.1. The van der Waals surface area contributed by atoms with E-state index < -0.39 is 40.2 Å². The van der Waals surface area contributed by atoms with E-state index in [4.69, 9.17) is 4.74 Å². The normalized spacial score (nSPS) is 14.1. The van der Waals surface area contributed by atoms with E-state index in [2.05, 4.69) is 5.32 Å². The number of nitrogens with zero attached hydrogens (tertiary/aromatic N) is 2. The third kappa shape index (κ3) is 8.77. The molecule has 1 saturated carbocycles. The SMILES string of the molecule is COc1ccc(S(=O)(=O)N(CC(=O)N(Cc2ccc(F)cc2)C(Cc2ccccc2)C(=O)NC2CCCCC2)c2ccc(F)cc2)cc1. The van der Waals surface area contributed by atoms with E-state index in [-0.39, 0.29) is 35.5 Å². The van der Waals surface area contributed by atoms with Gasteiger partial charge in [0.25, 0.3) is 10.0 Å². The first-order valence-electron chi connectivity index (χ1n) is 15.9. The van der Waals surface area contributed by atoms with E-state index in [1.54, 1.807) is 0 Å². The van der Waals surface area contributed by atoms with Crippen molar-refractivity contribution < 1.29 is 31.5 Å². The molecule has 1 atom stereocenters. The molecule has 0 aliphatic heterocycles. The summed E-state index contributed by atoms with van der Waals surface area (Å²) in [6.45, 7) is -0.780. The van der Waals surface area contributed by atoms with E-state index in [1.165, 1.54) is 72.7 Å². The molecule has 8 nitrogen and oxygen atoms in total. The number of benzene rings is 4. The maximum absolute atomic E-state index is 14.5. The van der Waals surface area contributed by atoms with Gasteiger partial charge in [-0.2, -0.15) is 0 Å². The number of methoxy groups -OCH3 is 1. The number of anilines is 1. The van der Waals surface area contributed by atoms with Crippen molar-refractivity contribution in [2.75, 3.05) is 18.0 Å². The third-order valence-corrected chi connectivity index (χ3v) is 10.3. The van der Waals surface area contributed by atoms with Crippen LogP contribution >= 0.6 is 0 Å². The van der Waals surface area contributed by atoms with Crippen molar-refractivity contribution in [1.82, 2.24) is 10.2 Å². The summed E-state index contributed by atoms with van der Waals surface area (Å²) >= 11 is 0. The second-order valence-electron chi connectivity index (χ2n) is 11.9. The summed E-state index contributed by atoms with van der Waals surface area (Å²) in [6, 6.07) is 24.3. The minimum absolute atomic E-state index is 0.0431. The molecule has 0 radical (unpaired) electrons. The molecule has 11 heteroatoms. The number of ether oxygens (including phenoxy) is 1. The largest absolute Gasteiger partial charge is 0.497 e. The Bertz CT molecular complexity index is 1760. The molecule has 0 spiro atoms. The van der Waals surface area contributed by atoms with Crippen molar-refractivity contribution in [1.29, 1.82) is 0 Å². The summed E-state index contributed by atoms with van der Waals surface area (Å²) in [4.78, 5) is 29.9. The fourth-order valence-corrected chi connectivity index (χ4v) is 7.31. The number of rotatable bonds is 13. The van der Waals surface area contributed by atoms with E-state index in [0.717, 1.165) is 54.1 Å². The predicted molar refractivity (Wildman–Crippen MR) is 180 cm³/mol. The van der Waals surface area contributed by atoms with E-state index in [9.17, 15) is 26.8 Å². The molecule has 0 aromatic heterocycles. The Balaban J connectivity index is 1.55. The lowest BCUT2D eigenvalue weighted by molar-refractivity contribution is -0.140. The van der Waals surface area contributed by atoms with Crippen LogP contribution < -0.4 is 14.4 Å². The molecular weight excluding hydrogens is 636 g/mol. The van der Waals surface area contributed by atoms with Crippen LogP contribution in [0, 0.1) is 11.6 Å². The van der Waals surface area contributed by atoms with Crippen molar-refractivity contribution in [2.45, 2.75) is 62.0 Å². The van der Waals surface area contributed by atoms with Gasteiger partial charge in [-0.25, -0.2) is 17.2 Å². The van der Waals surface area contributed by atoms with Gasteiger partial charge < -0.3 is 15.0 Å². The summed E-state index contributed by atoms with van der Waals surface area (Å²) in [6.07, 6.45) is 4.89. The zero-order valence-electron chi connectivity index (χ0n) is 26.7. The molecular formula is C37H39F2N3O5S. The van der Waals surface area contributed by atoms with Gasteiger partial charge in [-0.1, -0.05) is 61.7 Å². The van der Waals surface area contributed by atoms with Gasteiger partial charge in [-0.3, -0.25) is 13.9 Å². The highest BCUT2D eigenvalue weighted by atomic mass is 32.2. The van der Waals surface area contributed by atoms with Gasteiger partial charge in [0.1, 0.15) is 30.0 Å².